The molecule has 4 heteroatoms. The summed E-state index contributed by atoms with van der Waals surface area (Å²) in [6, 6.07) is 5.67. The minimum atomic E-state index is -3.26. The molecule has 2 nitrogen and oxygen atoms in total. The lowest BCUT2D eigenvalue weighted by Gasteiger charge is -2.31. The highest BCUT2D eigenvalue weighted by atomic mass is 79.9. The van der Waals surface area contributed by atoms with Crippen molar-refractivity contribution in [2.75, 3.05) is 11.1 Å². The van der Waals surface area contributed by atoms with E-state index < -0.39 is 9.84 Å². The number of benzene rings is 1. The van der Waals surface area contributed by atoms with Crippen LogP contribution in [0.1, 0.15) is 50.7 Å². The molecule has 0 saturated heterocycles. The number of alkyl halides is 1. The quantitative estimate of drug-likeness (QED) is 0.595. The first-order chi connectivity index (χ1) is 9.80. The van der Waals surface area contributed by atoms with Crippen LogP contribution in [0.4, 0.5) is 0 Å². The molecule has 0 bridgehead atoms. The van der Waals surface area contributed by atoms with Gasteiger partial charge in [-0.05, 0) is 49.3 Å². The van der Waals surface area contributed by atoms with Gasteiger partial charge in [-0.1, -0.05) is 54.8 Å². The van der Waals surface area contributed by atoms with E-state index in [1.54, 1.807) is 0 Å². The average molecular weight is 375 g/mol. The van der Waals surface area contributed by atoms with Crippen LogP contribution in [0.2, 0.25) is 0 Å². The summed E-state index contributed by atoms with van der Waals surface area (Å²) < 4.78 is 25.8. The van der Waals surface area contributed by atoms with Crippen molar-refractivity contribution in [3.8, 4) is 0 Å². The van der Waals surface area contributed by atoms with Crippen molar-refractivity contribution >= 4 is 25.8 Å². The zero-order valence-electron chi connectivity index (χ0n) is 13.6. The molecule has 0 amide bonds. The summed E-state index contributed by atoms with van der Waals surface area (Å²) >= 11 is 3.57. The third-order valence-corrected chi connectivity index (χ3v) is 7.31. The fourth-order valence-corrected chi connectivity index (χ4v) is 6.32. The Balaban J connectivity index is 3.19. The Morgan fingerprint density at radius 1 is 1.10 bits per heavy atom. The molecule has 0 radical (unpaired) electrons. The van der Waals surface area contributed by atoms with E-state index in [0.717, 1.165) is 42.1 Å². The summed E-state index contributed by atoms with van der Waals surface area (Å²) in [5.74, 6) is 0.233. The highest BCUT2D eigenvalue weighted by Gasteiger charge is 2.34. The Bertz CT molecular complexity index is 558. The van der Waals surface area contributed by atoms with Crippen molar-refractivity contribution in [3.63, 3.8) is 0 Å². The van der Waals surface area contributed by atoms with E-state index in [1.807, 2.05) is 32.0 Å². The first-order valence-corrected chi connectivity index (χ1v) is 10.4. The number of halogens is 1. The van der Waals surface area contributed by atoms with Crippen LogP contribution >= 0.6 is 15.9 Å². The zero-order valence-corrected chi connectivity index (χ0v) is 16.0. The first-order valence-electron chi connectivity index (χ1n) is 7.66. The Hall–Kier alpha value is -0.350. The molecule has 0 heterocycles. The highest BCUT2D eigenvalue weighted by Crippen LogP contribution is 2.36. The molecule has 0 aliphatic rings. The molecule has 0 unspecified atom stereocenters. The number of hydrogen-bond acceptors (Lipinski definition) is 2. The van der Waals surface area contributed by atoms with Gasteiger partial charge in [0.2, 0.25) is 0 Å². The van der Waals surface area contributed by atoms with E-state index in [-0.39, 0.29) is 11.2 Å². The SMILES string of the molecule is CCCC(CBr)(CCC)CS(=O)(=O)c1cc(C)ccc1C. The molecule has 0 saturated carbocycles. The van der Waals surface area contributed by atoms with Gasteiger partial charge in [-0.25, -0.2) is 8.42 Å². The second kappa shape index (κ2) is 7.77. The minimum Gasteiger partial charge on any atom is -0.224 e. The van der Waals surface area contributed by atoms with Gasteiger partial charge in [0.25, 0.3) is 0 Å². The van der Waals surface area contributed by atoms with E-state index >= 15 is 0 Å². The number of hydrogen-bond donors (Lipinski definition) is 0. The topological polar surface area (TPSA) is 34.1 Å². The summed E-state index contributed by atoms with van der Waals surface area (Å²) in [6.07, 6.45) is 3.90. The fourth-order valence-electron chi connectivity index (χ4n) is 3.03. The van der Waals surface area contributed by atoms with E-state index in [0.29, 0.717) is 4.90 Å². The van der Waals surface area contributed by atoms with Crippen LogP contribution in [-0.4, -0.2) is 19.5 Å². The van der Waals surface area contributed by atoms with Gasteiger partial charge in [0.15, 0.2) is 9.84 Å². The Labute approximate surface area is 138 Å². The molecule has 0 atom stereocenters. The lowest BCUT2D eigenvalue weighted by atomic mass is 9.83. The van der Waals surface area contributed by atoms with Crippen LogP contribution in [0.3, 0.4) is 0 Å². The molecule has 0 N–H and O–H groups in total. The van der Waals surface area contributed by atoms with Gasteiger partial charge in [-0.15, -0.1) is 0 Å². The molecule has 0 spiro atoms. The Kier molecular flexibility index (Phi) is 6.92. The lowest BCUT2D eigenvalue weighted by Crippen LogP contribution is -2.32. The molecule has 21 heavy (non-hydrogen) atoms. The largest absolute Gasteiger partial charge is 0.224 e. The molecule has 0 aromatic heterocycles. The maximum absolute atomic E-state index is 12.9. The zero-order chi connectivity index (χ0) is 16.1. The molecule has 120 valence electrons. The van der Waals surface area contributed by atoms with Gasteiger partial charge in [0.1, 0.15) is 0 Å². The predicted molar refractivity (Wildman–Crippen MR) is 94.0 cm³/mol. The van der Waals surface area contributed by atoms with Crippen LogP contribution < -0.4 is 0 Å². The van der Waals surface area contributed by atoms with E-state index in [9.17, 15) is 8.42 Å². The normalized spacial score (nSPS) is 12.6. The predicted octanol–water partition coefficient (Wildman–Crippen LogP) is 5.06. The van der Waals surface area contributed by atoms with E-state index in [4.69, 9.17) is 0 Å². The second-order valence-electron chi connectivity index (χ2n) is 6.16. The van der Waals surface area contributed by atoms with Gasteiger partial charge in [0.05, 0.1) is 10.6 Å². The highest BCUT2D eigenvalue weighted by molar-refractivity contribution is 9.09. The lowest BCUT2D eigenvalue weighted by molar-refractivity contribution is 0.314. The number of sulfone groups is 1. The summed E-state index contributed by atoms with van der Waals surface area (Å²) in [4.78, 5) is 0.500. The third-order valence-electron chi connectivity index (χ3n) is 4.02. The van der Waals surface area contributed by atoms with Crippen LogP contribution in [0.15, 0.2) is 23.1 Å². The van der Waals surface area contributed by atoms with Gasteiger partial charge in [0, 0.05) is 5.33 Å². The molecule has 0 aliphatic heterocycles. The maximum Gasteiger partial charge on any atom is 0.179 e. The van der Waals surface area contributed by atoms with Crippen molar-refractivity contribution < 1.29 is 8.42 Å². The standard InChI is InChI=1S/C17H27BrO2S/c1-5-9-17(12-18,10-6-2)13-21(19,20)16-11-14(3)7-8-15(16)4/h7-8,11H,5-6,9-10,12-13H2,1-4H3. The number of rotatable bonds is 8. The van der Waals surface area contributed by atoms with Crippen molar-refractivity contribution in [3.05, 3.63) is 29.3 Å². The molecule has 0 aliphatic carbocycles. The summed E-state index contributed by atoms with van der Waals surface area (Å²) in [6.45, 7) is 8.06. The molecule has 0 fully saturated rings. The molecular formula is C17H27BrO2S. The molecule has 1 aromatic carbocycles. The Morgan fingerprint density at radius 2 is 1.67 bits per heavy atom. The van der Waals surface area contributed by atoms with E-state index in [1.165, 1.54) is 0 Å². The van der Waals surface area contributed by atoms with Gasteiger partial charge >= 0.3 is 0 Å². The maximum atomic E-state index is 12.9. The molecule has 1 rings (SSSR count). The monoisotopic (exact) mass is 374 g/mol. The number of aryl methyl sites for hydroxylation is 2. The van der Waals surface area contributed by atoms with Crippen LogP contribution in [-0.2, 0) is 9.84 Å². The van der Waals surface area contributed by atoms with Crippen LogP contribution in [0.5, 0.6) is 0 Å². The van der Waals surface area contributed by atoms with Gasteiger partial charge in [-0.2, -0.15) is 0 Å². The molecular weight excluding hydrogens is 348 g/mol. The van der Waals surface area contributed by atoms with Crippen LogP contribution in [0, 0.1) is 19.3 Å². The van der Waals surface area contributed by atoms with Gasteiger partial charge < -0.3 is 0 Å². The van der Waals surface area contributed by atoms with Crippen molar-refractivity contribution in [2.45, 2.75) is 58.3 Å². The molecule has 1 aromatic rings. The van der Waals surface area contributed by atoms with Crippen molar-refractivity contribution in [2.24, 2.45) is 5.41 Å². The average Bonchev–Trinajstić information content (AvgIpc) is 2.41. The Morgan fingerprint density at radius 3 is 2.14 bits per heavy atom. The van der Waals surface area contributed by atoms with Crippen molar-refractivity contribution in [1.82, 2.24) is 0 Å². The van der Waals surface area contributed by atoms with Gasteiger partial charge in [-0.3, -0.25) is 0 Å². The summed E-state index contributed by atoms with van der Waals surface area (Å²) in [5, 5.41) is 0.742. The second-order valence-corrected chi connectivity index (χ2v) is 8.68. The third kappa shape index (κ3) is 4.82. The summed E-state index contributed by atoms with van der Waals surface area (Å²) in [7, 11) is -3.26. The first kappa shape index (κ1) is 18.7. The van der Waals surface area contributed by atoms with Crippen molar-refractivity contribution in [1.29, 1.82) is 0 Å². The fraction of sp³-hybridized carbons (Fsp3) is 0.647. The minimum absolute atomic E-state index is 0.154. The van der Waals surface area contributed by atoms with E-state index in [2.05, 4.69) is 29.8 Å². The smallest absolute Gasteiger partial charge is 0.179 e. The van der Waals surface area contributed by atoms with Crippen LogP contribution in [0.25, 0.3) is 0 Å². The summed E-state index contributed by atoms with van der Waals surface area (Å²) in [5.41, 5.74) is 1.69.